The molecule has 0 aliphatic rings. The molecule has 1 N–H and O–H groups in total. The van der Waals surface area contributed by atoms with Gasteiger partial charge < -0.3 is 28.8 Å². The highest BCUT2D eigenvalue weighted by Crippen LogP contribution is 2.42. The lowest BCUT2D eigenvalue weighted by molar-refractivity contribution is -0.395. The van der Waals surface area contributed by atoms with Crippen molar-refractivity contribution in [1.29, 1.82) is 0 Å². The molecule has 1 heterocycles. The Balaban J connectivity index is 1.29. The van der Waals surface area contributed by atoms with Gasteiger partial charge in [0.05, 0.1) is 71.4 Å². The predicted molar refractivity (Wildman–Crippen MR) is 210 cm³/mol. The van der Waals surface area contributed by atoms with Gasteiger partial charge in [-0.1, -0.05) is 54.6 Å². The van der Waals surface area contributed by atoms with Gasteiger partial charge in [0.1, 0.15) is 41.0 Å². The predicted octanol–water partition coefficient (Wildman–Crippen LogP) is 6.18. The van der Waals surface area contributed by atoms with Crippen LogP contribution in [-0.2, 0) is 24.6 Å². The number of non-ortho nitro benzene ring substituents is 1. The van der Waals surface area contributed by atoms with E-state index in [-0.39, 0.29) is 26.2 Å². The zero-order valence-electron chi connectivity index (χ0n) is 32.0. The molecular formula is C40H37N5O15. The quantitative estimate of drug-likeness (QED) is 0.0284. The van der Waals surface area contributed by atoms with Crippen LogP contribution in [0.5, 0.6) is 11.5 Å². The summed E-state index contributed by atoms with van der Waals surface area (Å²) < 4.78 is 28.4. The minimum Gasteiger partial charge on any atom is -0.497 e. The molecule has 312 valence electrons. The number of hydrogen-bond donors (Lipinski definition) is 1. The SMILES string of the molecule is COc1ccc(C(OCC(O)COCCCOC(=O)C(c2ccc([N+](=O)[O-])cc2[N+](=O)[O-])c2ncc([N+](=O)[O-])cc2[N+](=O)[O-])(c2ccccc2)c2ccc(OC)cc2)cc1. The average molecular weight is 828 g/mol. The number of benzene rings is 4. The van der Waals surface area contributed by atoms with Crippen molar-refractivity contribution in [1.82, 2.24) is 4.98 Å². The van der Waals surface area contributed by atoms with Gasteiger partial charge in [0.15, 0.2) is 0 Å². The second-order valence-corrected chi connectivity index (χ2v) is 12.9. The molecule has 1 aromatic heterocycles. The molecule has 20 heteroatoms. The van der Waals surface area contributed by atoms with Crippen molar-refractivity contribution in [3.05, 3.63) is 178 Å². The molecule has 2 unspecified atom stereocenters. The van der Waals surface area contributed by atoms with E-state index < -0.39 is 83.9 Å². The fourth-order valence-electron chi connectivity index (χ4n) is 6.34. The summed E-state index contributed by atoms with van der Waals surface area (Å²) in [5.41, 5.74) is -3.72. The van der Waals surface area contributed by atoms with Gasteiger partial charge >= 0.3 is 5.97 Å². The first-order chi connectivity index (χ1) is 28.8. The molecule has 20 nitrogen and oxygen atoms in total. The molecule has 0 spiro atoms. The first kappa shape index (κ1) is 43.7. The van der Waals surface area contributed by atoms with Gasteiger partial charge in [-0.05, 0) is 47.0 Å². The minimum atomic E-state index is -2.01. The molecule has 4 aromatic carbocycles. The zero-order valence-corrected chi connectivity index (χ0v) is 32.0. The molecular weight excluding hydrogens is 790 g/mol. The van der Waals surface area contributed by atoms with Crippen molar-refractivity contribution in [3.63, 3.8) is 0 Å². The monoisotopic (exact) mass is 827 g/mol. The Morgan fingerprint density at radius 2 is 1.23 bits per heavy atom. The van der Waals surface area contributed by atoms with E-state index in [1.54, 1.807) is 38.5 Å². The number of rotatable bonds is 21. The van der Waals surface area contributed by atoms with E-state index in [0.29, 0.717) is 29.8 Å². The summed E-state index contributed by atoms with van der Waals surface area (Å²) in [4.78, 5) is 60.0. The molecule has 0 saturated carbocycles. The van der Waals surface area contributed by atoms with Gasteiger partial charge in [0, 0.05) is 19.1 Å². The van der Waals surface area contributed by atoms with Crippen LogP contribution in [0.2, 0.25) is 0 Å². The molecule has 5 rings (SSSR count). The Labute approximate surface area is 340 Å². The number of pyridine rings is 1. The smallest absolute Gasteiger partial charge is 0.320 e. The highest BCUT2D eigenvalue weighted by Gasteiger charge is 2.40. The number of carbonyl (C=O) groups is 1. The molecule has 0 amide bonds. The molecule has 2 atom stereocenters. The van der Waals surface area contributed by atoms with Crippen molar-refractivity contribution >= 4 is 28.7 Å². The average Bonchev–Trinajstić information content (AvgIpc) is 3.25. The molecule has 0 aliphatic carbocycles. The number of methoxy groups -OCH3 is 2. The van der Waals surface area contributed by atoms with E-state index in [0.717, 1.165) is 28.8 Å². The van der Waals surface area contributed by atoms with Crippen LogP contribution in [0.1, 0.15) is 40.3 Å². The summed E-state index contributed by atoms with van der Waals surface area (Å²) in [6.07, 6.45) is -0.524. The molecule has 0 bridgehead atoms. The van der Waals surface area contributed by atoms with Gasteiger partial charge in [0.2, 0.25) is 0 Å². The standard InChI is InChI=1S/C40H37N5O15/c1-56-32-14-9-27(10-15-32)40(26-7-4-3-5-8-26,28-11-16-33(57-2)17-12-28)60-25-31(46)24-58-19-6-20-59-39(47)37(34-18-13-29(42(48)49)21-35(34)44(52)53)38-36(45(54)55)22-30(23-41-38)43(50)51/h3-5,7-18,21-23,31,37,46H,6,19-20,24-25H2,1-2H3. The number of carbonyl (C=O) groups excluding carboxylic acids is 1. The third-order valence-electron chi connectivity index (χ3n) is 9.19. The van der Waals surface area contributed by atoms with Crippen LogP contribution in [0.4, 0.5) is 22.7 Å². The van der Waals surface area contributed by atoms with Crippen LogP contribution in [0, 0.1) is 40.5 Å². The Kier molecular flexibility index (Phi) is 14.4. The molecule has 0 fully saturated rings. The Bertz CT molecular complexity index is 2200. The summed E-state index contributed by atoms with van der Waals surface area (Å²) in [5.74, 6) is -2.03. The molecule has 0 aliphatic heterocycles. The van der Waals surface area contributed by atoms with Crippen LogP contribution in [0.3, 0.4) is 0 Å². The number of nitrogens with zero attached hydrogens (tertiary/aromatic N) is 5. The van der Waals surface area contributed by atoms with Gasteiger partial charge in [-0.25, -0.2) is 4.98 Å². The number of aliphatic hydroxyl groups excluding tert-OH is 1. The Morgan fingerprint density at radius 1 is 0.683 bits per heavy atom. The molecule has 60 heavy (non-hydrogen) atoms. The number of aliphatic hydroxyl groups is 1. The lowest BCUT2D eigenvalue weighted by atomic mass is 9.80. The summed E-state index contributed by atoms with van der Waals surface area (Å²) in [6, 6.07) is 26.8. The highest BCUT2D eigenvalue weighted by atomic mass is 16.6. The third-order valence-corrected chi connectivity index (χ3v) is 9.19. The highest BCUT2D eigenvalue weighted by molar-refractivity contribution is 5.85. The number of nitro benzene ring substituents is 2. The van der Waals surface area contributed by atoms with Crippen molar-refractivity contribution in [2.45, 2.75) is 24.0 Å². The molecule has 5 aromatic rings. The van der Waals surface area contributed by atoms with E-state index in [1.165, 1.54) is 0 Å². The van der Waals surface area contributed by atoms with Crippen LogP contribution in [0.15, 0.2) is 109 Å². The summed E-state index contributed by atoms with van der Waals surface area (Å²) >= 11 is 0. The van der Waals surface area contributed by atoms with Gasteiger partial charge in [0.25, 0.3) is 22.7 Å². The normalized spacial score (nSPS) is 12.2. The van der Waals surface area contributed by atoms with Gasteiger partial charge in [-0.15, -0.1) is 0 Å². The number of ether oxygens (including phenoxy) is 5. The number of nitro groups is 4. The van der Waals surface area contributed by atoms with Crippen molar-refractivity contribution in [2.24, 2.45) is 0 Å². The van der Waals surface area contributed by atoms with Gasteiger partial charge in [-0.2, -0.15) is 0 Å². The third kappa shape index (κ3) is 9.99. The van der Waals surface area contributed by atoms with E-state index in [4.69, 9.17) is 23.7 Å². The lowest BCUT2D eigenvalue weighted by Gasteiger charge is -2.36. The number of esters is 1. The molecule has 0 saturated heterocycles. The maximum absolute atomic E-state index is 13.6. The topological polar surface area (TPSA) is 269 Å². The van der Waals surface area contributed by atoms with E-state index in [1.807, 2.05) is 54.6 Å². The van der Waals surface area contributed by atoms with Crippen molar-refractivity contribution in [3.8, 4) is 11.5 Å². The summed E-state index contributed by atoms with van der Waals surface area (Å²) in [6.45, 7) is -0.905. The number of aromatic nitrogens is 1. The first-order valence-corrected chi connectivity index (χ1v) is 17.9. The number of hydrogen-bond acceptors (Lipinski definition) is 16. The van der Waals surface area contributed by atoms with E-state index in [9.17, 15) is 50.4 Å². The van der Waals surface area contributed by atoms with E-state index >= 15 is 0 Å². The molecule has 0 radical (unpaired) electrons. The summed E-state index contributed by atoms with van der Waals surface area (Å²) in [5, 5.41) is 57.7. The van der Waals surface area contributed by atoms with Crippen LogP contribution >= 0.6 is 0 Å². The van der Waals surface area contributed by atoms with Gasteiger partial charge in [-0.3, -0.25) is 45.3 Å². The lowest BCUT2D eigenvalue weighted by Crippen LogP contribution is -2.36. The first-order valence-electron chi connectivity index (χ1n) is 17.9. The Hall–Kier alpha value is -7.42. The Morgan fingerprint density at radius 3 is 1.77 bits per heavy atom. The second-order valence-electron chi connectivity index (χ2n) is 12.9. The minimum absolute atomic E-state index is 0.00975. The second kappa shape index (κ2) is 19.8. The largest absolute Gasteiger partial charge is 0.497 e. The zero-order chi connectivity index (χ0) is 43.4. The fraction of sp³-hybridized carbons (Fsp3) is 0.250. The van der Waals surface area contributed by atoms with Crippen LogP contribution in [0.25, 0.3) is 0 Å². The fourth-order valence-corrected chi connectivity index (χ4v) is 6.34. The van der Waals surface area contributed by atoms with Crippen molar-refractivity contribution < 1.29 is 53.3 Å². The van der Waals surface area contributed by atoms with E-state index in [2.05, 4.69) is 4.98 Å². The summed E-state index contributed by atoms with van der Waals surface area (Å²) in [7, 11) is 3.11. The van der Waals surface area contributed by atoms with Crippen LogP contribution < -0.4 is 9.47 Å². The van der Waals surface area contributed by atoms with Crippen molar-refractivity contribution in [2.75, 3.05) is 40.6 Å². The maximum Gasteiger partial charge on any atom is 0.320 e. The maximum atomic E-state index is 13.6. The van der Waals surface area contributed by atoms with Crippen LogP contribution in [-0.4, -0.2) is 82.5 Å².